The summed E-state index contributed by atoms with van der Waals surface area (Å²) < 4.78 is 4.82. The van der Waals surface area contributed by atoms with E-state index in [9.17, 15) is 19.5 Å². The molecule has 18 heavy (non-hydrogen) atoms. The number of esters is 1. The molecule has 2 fully saturated rings. The number of hydrogen-bond donors (Lipinski definition) is 1. The Labute approximate surface area is 105 Å². The van der Waals surface area contributed by atoms with Crippen LogP contribution in [0.25, 0.3) is 0 Å². The van der Waals surface area contributed by atoms with Gasteiger partial charge in [0.15, 0.2) is 6.10 Å². The zero-order valence-electron chi connectivity index (χ0n) is 10.3. The largest absolute Gasteiger partial charge is 0.452 e. The fourth-order valence-electron chi connectivity index (χ4n) is 2.66. The Morgan fingerprint density at radius 1 is 1.33 bits per heavy atom. The van der Waals surface area contributed by atoms with E-state index in [4.69, 9.17) is 4.74 Å². The molecule has 1 saturated carbocycles. The molecule has 100 valence electrons. The van der Waals surface area contributed by atoms with Crippen LogP contribution >= 0.6 is 0 Å². The van der Waals surface area contributed by atoms with Gasteiger partial charge in [-0.1, -0.05) is 12.8 Å². The van der Waals surface area contributed by atoms with Gasteiger partial charge in [-0.05, 0) is 12.8 Å². The molecule has 6 heteroatoms. The smallest absolute Gasteiger partial charge is 0.303 e. The molecule has 0 unspecified atom stereocenters. The van der Waals surface area contributed by atoms with Crippen molar-refractivity contribution in [2.45, 2.75) is 57.3 Å². The summed E-state index contributed by atoms with van der Waals surface area (Å²) in [4.78, 5) is 35.8. The van der Waals surface area contributed by atoms with Crippen LogP contribution in [0.5, 0.6) is 0 Å². The lowest BCUT2D eigenvalue weighted by molar-refractivity contribution is -0.157. The average molecular weight is 255 g/mol. The molecule has 1 N–H and O–H groups in total. The van der Waals surface area contributed by atoms with Crippen LogP contribution in [0.3, 0.4) is 0 Å². The van der Waals surface area contributed by atoms with Crippen LogP contribution < -0.4 is 0 Å². The lowest BCUT2D eigenvalue weighted by Crippen LogP contribution is -2.49. The topological polar surface area (TPSA) is 83.9 Å². The summed E-state index contributed by atoms with van der Waals surface area (Å²) in [6, 6.07) is -0.459. The van der Waals surface area contributed by atoms with E-state index in [0.717, 1.165) is 17.7 Å². The fourth-order valence-corrected chi connectivity index (χ4v) is 2.66. The molecule has 0 aromatic carbocycles. The highest BCUT2D eigenvalue weighted by atomic mass is 16.5. The SMILES string of the molecule is CC(=O)O[C@@H]1CC(=O)N([C@@H]2CCCC[C@@H]2O)C1=O. The molecule has 0 aromatic rings. The van der Waals surface area contributed by atoms with Crippen LogP contribution in [0.15, 0.2) is 0 Å². The lowest BCUT2D eigenvalue weighted by atomic mass is 9.91. The molecule has 1 saturated heterocycles. The summed E-state index contributed by atoms with van der Waals surface area (Å²) >= 11 is 0. The predicted octanol–water partition coefficient (Wildman–Crippen LogP) is -0.0195. The van der Waals surface area contributed by atoms with E-state index < -0.39 is 30.1 Å². The van der Waals surface area contributed by atoms with Crippen LogP contribution in [0.4, 0.5) is 0 Å². The maximum absolute atomic E-state index is 12.0. The van der Waals surface area contributed by atoms with Gasteiger partial charge in [-0.15, -0.1) is 0 Å². The third-order valence-electron chi connectivity index (χ3n) is 3.48. The van der Waals surface area contributed by atoms with Crippen LogP contribution in [0, 0.1) is 0 Å². The number of aliphatic hydroxyl groups is 1. The normalized spacial score (nSPS) is 32.8. The molecule has 1 aliphatic carbocycles. The summed E-state index contributed by atoms with van der Waals surface area (Å²) in [6.07, 6.45) is 1.22. The molecule has 0 spiro atoms. The van der Waals surface area contributed by atoms with E-state index >= 15 is 0 Å². The van der Waals surface area contributed by atoms with Crippen LogP contribution in [-0.2, 0) is 19.1 Å². The van der Waals surface area contributed by atoms with E-state index in [-0.39, 0.29) is 12.3 Å². The van der Waals surface area contributed by atoms with Gasteiger partial charge in [0.1, 0.15) is 0 Å². The molecular formula is C12H17NO5. The molecule has 2 rings (SSSR count). The number of carbonyl (C=O) groups excluding carboxylic acids is 3. The number of carbonyl (C=O) groups is 3. The summed E-state index contributed by atoms with van der Waals surface area (Å²) in [7, 11) is 0. The molecule has 0 radical (unpaired) electrons. The maximum atomic E-state index is 12.0. The minimum absolute atomic E-state index is 0.109. The third kappa shape index (κ3) is 2.38. The minimum Gasteiger partial charge on any atom is -0.452 e. The van der Waals surface area contributed by atoms with Gasteiger partial charge in [0, 0.05) is 6.92 Å². The summed E-state index contributed by atoms with van der Waals surface area (Å²) in [6.45, 7) is 1.20. The second-order valence-electron chi connectivity index (χ2n) is 4.82. The van der Waals surface area contributed by atoms with Crippen molar-refractivity contribution in [3.05, 3.63) is 0 Å². The van der Waals surface area contributed by atoms with Gasteiger partial charge >= 0.3 is 5.97 Å². The fraction of sp³-hybridized carbons (Fsp3) is 0.750. The van der Waals surface area contributed by atoms with Crippen molar-refractivity contribution in [2.24, 2.45) is 0 Å². The van der Waals surface area contributed by atoms with Crippen molar-refractivity contribution in [1.82, 2.24) is 4.90 Å². The van der Waals surface area contributed by atoms with Gasteiger partial charge in [-0.25, -0.2) is 0 Å². The number of imide groups is 1. The van der Waals surface area contributed by atoms with Gasteiger partial charge in [-0.3, -0.25) is 19.3 Å². The molecule has 0 aromatic heterocycles. The molecule has 0 bridgehead atoms. The predicted molar refractivity (Wildman–Crippen MR) is 60.3 cm³/mol. The lowest BCUT2D eigenvalue weighted by Gasteiger charge is -2.33. The van der Waals surface area contributed by atoms with Crippen LogP contribution in [0.2, 0.25) is 0 Å². The number of hydrogen-bond acceptors (Lipinski definition) is 5. The highest BCUT2D eigenvalue weighted by Gasteiger charge is 2.46. The van der Waals surface area contributed by atoms with Crippen molar-refractivity contribution in [3.63, 3.8) is 0 Å². The molecule has 1 heterocycles. The first-order valence-corrected chi connectivity index (χ1v) is 6.22. The van der Waals surface area contributed by atoms with Crippen molar-refractivity contribution in [3.8, 4) is 0 Å². The summed E-state index contributed by atoms with van der Waals surface area (Å²) in [5, 5.41) is 9.88. The van der Waals surface area contributed by atoms with Crippen molar-refractivity contribution in [2.75, 3.05) is 0 Å². The van der Waals surface area contributed by atoms with E-state index in [1.165, 1.54) is 6.92 Å². The molecule has 2 amide bonds. The van der Waals surface area contributed by atoms with Gasteiger partial charge in [0.2, 0.25) is 5.91 Å². The van der Waals surface area contributed by atoms with Crippen LogP contribution in [-0.4, -0.2) is 46.0 Å². The van der Waals surface area contributed by atoms with Gasteiger partial charge in [0.05, 0.1) is 18.6 Å². The highest BCUT2D eigenvalue weighted by molar-refractivity contribution is 6.06. The van der Waals surface area contributed by atoms with Crippen molar-refractivity contribution >= 4 is 17.8 Å². The molecule has 2 aliphatic rings. The van der Waals surface area contributed by atoms with Gasteiger partial charge in [0.25, 0.3) is 5.91 Å². The summed E-state index contributed by atoms with van der Waals surface area (Å²) in [5.74, 6) is -1.44. The Hall–Kier alpha value is -1.43. The van der Waals surface area contributed by atoms with Crippen molar-refractivity contribution in [1.29, 1.82) is 0 Å². The third-order valence-corrected chi connectivity index (χ3v) is 3.48. The Kier molecular flexibility index (Phi) is 3.65. The quantitative estimate of drug-likeness (QED) is 0.554. The van der Waals surface area contributed by atoms with E-state index in [1.807, 2.05) is 0 Å². The number of likely N-dealkylation sites (tertiary alicyclic amines) is 1. The van der Waals surface area contributed by atoms with Gasteiger partial charge < -0.3 is 9.84 Å². The second kappa shape index (κ2) is 5.06. The van der Waals surface area contributed by atoms with E-state index in [2.05, 4.69) is 0 Å². The van der Waals surface area contributed by atoms with E-state index in [1.54, 1.807) is 0 Å². The number of aliphatic hydroxyl groups excluding tert-OH is 1. The zero-order chi connectivity index (χ0) is 13.3. The first-order valence-electron chi connectivity index (χ1n) is 6.22. The first-order chi connectivity index (χ1) is 8.50. The minimum atomic E-state index is -1.01. The standard InChI is InChI=1S/C12H17NO5/c1-7(14)18-10-6-11(16)13(12(10)17)8-4-2-3-5-9(8)15/h8-10,15H,2-6H2,1H3/t8-,9+,10-/m1/s1. The monoisotopic (exact) mass is 255 g/mol. The van der Waals surface area contributed by atoms with Crippen LogP contribution in [0.1, 0.15) is 39.0 Å². The zero-order valence-corrected chi connectivity index (χ0v) is 10.3. The highest BCUT2D eigenvalue weighted by Crippen LogP contribution is 2.28. The molecule has 3 atom stereocenters. The average Bonchev–Trinajstić information content (AvgIpc) is 2.55. The van der Waals surface area contributed by atoms with Gasteiger partial charge in [-0.2, -0.15) is 0 Å². The Balaban J connectivity index is 2.10. The number of amides is 2. The maximum Gasteiger partial charge on any atom is 0.303 e. The molecular weight excluding hydrogens is 238 g/mol. The molecule has 6 nitrogen and oxygen atoms in total. The Morgan fingerprint density at radius 3 is 2.61 bits per heavy atom. The number of rotatable bonds is 2. The molecule has 1 aliphatic heterocycles. The van der Waals surface area contributed by atoms with Crippen molar-refractivity contribution < 1.29 is 24.2 Å². The van der Waals surface area contributed by atoms with E-state index in [0.29, 0.717) is 12.8 Å². The Morgan fingerprint density at radius 2 is 2.00 bits per heavy atom. The Bertz CT molecular complexity index is 381. The second-order valence-corrected chi connectivity index (χ2v) is 4.82. The number of ether oxygens (including phenoxy) is 1. The summed E-state index contributed by atoms with van der Waals surface area (Å²) in [5.41, 5.74) is 0. The number of nitrogens with zero attached hydrogens (tertiary/aromatic N) is 1. The first kappa shape index (κ1) is 13.0.